The zero-order valence-electron chi connectivity index (χ0n) is 15.0. The van der Waals surface area contributed by atoms with Crippen molar-refractivity contribution in [1.29, 1.82) is 0 Å². The van der Waals surface area contributed by atoms with Gasteiger partial charge in [-0.05, 0) is 41.5 Å². The summed E-state index contributed by atoms with van der Waals surface area (Å²) in [5.41, 5.74) is 0. The summed E-state index contributed by atoms with van der Waals surface area (Å²) < 4.78 is 0. The van der Waals surface area contributed by atoms with Gasteiger partial charge in [0.25, 0.3) is 0 Å². The Morgan fingerprint density at radius 1 is 0.750 bits per heavy atom. The van der Waals surface area contributed by atoms with Crippen LogP contribution in [0.4, 0.5) is 0 Å². The predicted octanol–water partition coefficient (Wildman–Crippen LogP) is 2.35. The van der Waals surface area contributed by atoms with E-state index >= 15 is 0 Å². The van der Waals surface area contributed by atoms with Crippen molar-refractivity contribution in [3.63, 3.8) is 0 Å². The Morgan fingerprint density at radius 2 is 1.15 bits per heavy atom. The fraction of sp³-hybridized carbons (Fsp3) is 0.867. The van der Waals surface area contributed by atoms with E-state index in [-0.39, 0.29) is 6.04 Å². The molecule has 0 aromatic rings. The van der Waals surface area contributed by atoms with Crippen LogP contribution in [0.25, 0.3) is 0 Å². The van der Waals surface area contributed by atoms with Crippen molar-refractivity contribution in [2.75, 3.05) is 28.2 Å². The van der Waals surface area contributed by atoms with Gasteiger partial charge in [0.05, 0.1) is 0 Å². The lowest BCUT2D eigenvalue weighted by Gasteiger charge is -2.33. The van der Waals surface area contributed by atoms with Gasteiger partial charge >= 0.3 is 0 Å². The van der Waals surface area contributed by atoms with Crippen LogP contribution in [-0.2, 0) is 0 Å². The molecule has 0 rings (SSSR count). The molecule has 0 fully saturated rings. The van der Waals surface area contributed by atoms with Crippen LogP contribution in [0.2, 0.25) is 0 Å². The summed E-state index contributed by atoms with van der Waals surface area (Å²) in [7, 11) is 8.00. The maximum absolute atomic E-state index is 4.80. The number of aliphatic imine (C=N–C) groups is 2. The Kier molecular flexibility index (Phi) is 7.61. The van der Waals surface area contributed by atoms with Gasteiger partial charge in [-0.2, -0.15) is 4.99 Å². The summed E-state index contributed by atoms with van der Waals surface area (Å²) in [6, 6.07) is 0.947. The Hall–Kier alpha value is -1.26. The molecule has 0 unspecified atom stereocenters. The van der Waals surface area contributed by atoms with Crippen LogP contribution in [0, 0.1) is 0 Å². The first kappa shape index (κ1) is 18.7. The summed E-state index contributed by atoms with van der Waals surface area (Å²) >= 11 is 0. The molecular weight excluding hydrogens is 250 g/mol. The molecule has 0 aliphatic carbocycles. The topological polar surface area (TPSA) is 34.4 Å². The van der Waals surface area contributed by atoms with Gasteiger partial charge in [-0.3, -0.25) is 0 Å². The van der Waals surface area contributed by atoms with Gasteiger partial charge < -0.3 is 14.7 Å². The summed E-state index contributed by atoms with van der Waals surface area (Å²) in [5.74, 6) is 1.71. The molecule has 0 amide bonds. The van der Waals surface area contributed by atoms with Crippen LogP contribution < -0.4 is 0 Å². The zero-order chi connectivity index (χ0) is 16.0. The van der Waals surface area contributed by atoms with E-state index in [1.54, 1.807) is 0 Å². The molecule has 5 nitrogen and oxygen atoms in total. The van der Waals surface area contributed by atoms with E-state index in [1.807, 2.05) is 38.0 Å². The van der Waals surface area contributed by atoms with Crippen LogP contribution in [0.3, 0.4) is 0 Å². The highest BCUT2D eigenvalue weighted by molar-refractivity contribution is 5.94. The minimum atomic E-state index is 0.222. The van der Waals surface area contributed by atoms with E-state index in [0.29, 0.717) is 12.1 Å². The molecule has 0 heterocycles. The second-order valence-electron chi connectivity index (χ2n) is 6.32. The van der Waals surface area contributed by atoms with Gasteiger partial charge in [0.2, 0.25) is 11.9 Å². The van der Waals surface area contributed by atoms with Gasteiger partial charge in [-0.1, -0.05) is 0 Å². The van der Waals surface area contributed by atoms with E-state index in [9.17, 15) is 0 Å². The van der Waals surface area contributed by atoms with Crippen LogP contribution in [0.1, 0.15) is 41.5 Å². The van der Waals surface area contributed by atoms with Crippen molar-refractivity contribution in [3.05, 3.63) is 0 Å². The average Bonchev–Trinajstić information content (AvgIpc) is 2.22. The minimum Gasteiger partial charge on any atom is -0.349 e. The number of guanidine groups is 2. The molecular formula is C15H33N5. The quantitative estimate of drug-likeness (QED) is 0.589. The lowest BCUT2D eigenvalue weighted by molar-refractivity contribution is 0.286. The van der Waals surface area contributed by atoms with Gasteiger partial charge in [0.15, 0.2) is 0 Å². The second-order valence-corrected chi connectivity index (χ2v) is 6.32. The van der Waals surface area contributed by atoms with Gasteiger partial charge in [-0.15, -0.1) is 0 Å². The fourth-order valence-electron chi connectivity index (χ4n) is 2.13. The summed E-state index contributed by atoms with van der Waals surface area (Å²) in [4.78, 5) is 15.8. The molecule has 0 radical (unpaired) electrons. The average molecular weight is 283 g/mol. The Balaban J connectivity index is 5.74. The van der Waals surface area contributed by atoms with E-state index in [2.05, 4.69) is 46.4 Å². The Labute approximate surface area is 125 Å². The third-order valence-electron chi connectivity index (χ3n) is 2.72. The van der Waals surface area contributed by atoms with Crippen LogP contribution >= 0.6 is 0 Å². The number of hydrogen-bond donors (Lipinski definition) is 0. The third kappa shape index (κ3) is 5.80. The molecule has 0 aliphatic heterocycles. The van der Waals surface area contributed by atoms with E-state index in [4.69, 9.17) is 9.98 Å². The third-order valence-corrected chi connectivity index (χ3v) is 2.72. The second kappa shape index (κ2) is 8.12. The van der Waals surface area contributed by atoms with E-state index in [1.165, 1.54) is 0 Å². The largest absolute Gasteiger partial charge is 0.349 e. The Morgan fingerprint density at radius 3 is 1.40 bits per heavy atom. The van der Waals surface area contributed by atoms with Crippen molar-refractivity contribution in [2.45, 2.75) is 59.7 Å². The molecule has 0 saturated carbocycles. The molecule has 0 saturated heterocycles. The van der Waals surface area contributed by atoms with E-state index < -0.39 is 0 Å². The molecule has 5 heteroatoms. The van der Waals surface area contributed by atoms with Crippen LogP contribution in [-0.4, -0.2) is 72.9 Å². The lowest BCUT2D eigenvalue weighted by atomic mass is 10.2. The maximum atomic E-state index is 4.80. The fourth-order valence-corrected chi connectivity index (χ4v) is 2.13. The molecule has 20 heavy (non-hydrogen) atoms. The molecule has 0 bridgehead atoms. The Bertz CT molecular complexity index is 322. The van der Waals surface area contributed by atoms with E-state index in [0.717, 1.165) is 11.9 Å². The highest BCUT2D eigenvalue weighted by atomic mass is 15.4. The van der Waals surface area contributed by atoms with Crippen LogP contribution in [0.15, 0.2) is 9.98 Å². The van der Waals surface area contributed by atoms with Crippen molar-refractivity contribution in [2.24, 2.45) is 9.98 Å². The molecule has 0 N–H and O–H groups in total. The zero-order valence-corrected chi connectivity index (χ0v) is 15.0. The molecule has 0 aromatic carbocycles. The van der Waals surface area contributed by atoms with Gasteiger partial charge in [0.1, 0.15) is 0 Å². The van der Waals surface area contributed by atoms with Gasteiger partial charge in [0, 0.05) is 46.3 Å². The summed E-state index contributed by atoms with van der Waals surface area (Å²) in [6.07, 6.45) is 0. The predicted molar refractivity (Wildman–Crippen MR) is 89.5 cm³/mol. The molecule has 0 aliphatic rings. The minimum absolute atomic E-state index is 0.222. The highest BCUT2D eigenvalue weighted by Gasteiger charge is 2.20. The van der Waals surface area contributed by atoms with Crippen molar-refractivity contribution < 1.29 is 0 Å². The first-order valence-electron chi connectivity index (χ1n) is 7.37. The van der Waals surface area contributed by atoms with Gasteiger partial charge in [-0.25, -0.2) is 4.99 Å². The first-order chi connectivity index (χ1) is 9.07. The lowest BCUT2D eigenvalue weighted by Crippen LogP contribution is -2.44. The summed E-state index contributed by atoms with van der Waals surface area (Å²) in [6.45, 7) is 12.9. The highest BCUT2D eigenvalue weighted by Crippen LogP contribution is 2.10. The molecule has 0 aromatic heterocycles. The van der Waals surface area contributed by atoms with Crippen molar-refractivity contribution in [1.82, 2.24) is 14.7 Å². The number of rotatable bonds is 3. The van der Waals surface area contributed by atoms with Crippen LogP contribution in [0.5, 0.6) is 0 Å². The normalized spacial score (nSPS) is 12.2. The first-order valence-corrected chi connectivity index (χ1v) is 7.37. The molecule has 0 atom stereocenters. The van der Waals surface area contributed by atoms with Crippen molar-refractivity contribution in [3.8, 4) is 0 Å². The number of nitrogens with zero attached hydrogens (tertiary/aromatic N) is 5. The van der Waals surface area contributed by atoms with Crippen molar-refractivity contribution >= 4 is 11.9 Å². The smallest absolute Gasteiger partial charge is 0.224 e. The summed E-state index contributed by atoms with van der Waals surface area (Å²) in [5, 5.41) is 0. The monoisotopic (exact) mass is 283 g/mol. The number of hydrogen-bond acceptors (Lipinski definition) is 1. The standard InChI is InChI=1S/C15H33N5/c1-11(2)16-14(20(12(3)4)13(5)6)17-15(18(7)8)19(9)10/h11-13H,1-10H3. The molecule has 0 spiro atoms. The maximum Gasteiger partial charge on any atom is 0.224 e. The SMILES string of the molecule is CC(C)N=C(N=C(N(C)C)N(C)C)N(C(C)C)C(C)C. The molecule has 118 valence electrons.